The highest BCUT2D eigenvalue weighted by molar-refractivity contribution is 5.90. The number of anilines is 3. The second-order valence-corrected chi connectivity index (χ2v) is 9.46. The highest BCUT2D eigenvalue weighted by Gasteiger charge is 2.04. The second kappa shape index (κ2) is 17.9. The van der Waals surface area contributed by atoms with Crippen molar-refractivity contribution >= 4 is 28.9 Å². The molecule has 0 aliphatic rings. The Hall–Kier alpha value is -5.76. The van der Waals surface area contributed by atoms with Crippen molar-refractivity contribution in [2.45, 2.75) is 27.1 Å². The van der Waals surface area contributed by atoms with Gasteiger partial charge >= 0.3 is 0 Å². The number of para-hydroxylation sites is 6. The van der Waals surface area contributed by atoms with Crippen molar-refractivity contribution in [3.8, 4) is 17.2 Å². The molecule has 0 saturated heterocycles. The van der Waals surface area contributed by atoms with Gasteiger partial charge in [0.05, 0.1) is 17.1 Å². The van der Waals surface area contributed by atoms with Gasteiger partial charge in [-0.1, -0.05) is 97.1 Å². The molecule has 5 N–H and O–H groups in total. The van der Waals surface area contributed by atoms with Crippen molar-refractivity contribution in [2.75, 3.05) is 16.4 Å². The number of nitrogen functional groups attached to an aromatic ring is 1. The van der Waals surface area contributed by atoms with Crippen LogP contribution in [-0.2, 0) is 22.8 Å². The predicted molar refractivity (Wildman–Crippen MR) is 176 cm³/mol. The molecular formula is C36H37N3O5. The summed E-state index contributed by atoms with van der Waals surface area (Å²) in [7, 11) is 0. The van der Waals surface area contributed by atoms with Gasteiger partial charge in [0.1, 0.15) is 30.5 Å². The highest BCUT2D eigenvalue weighted by Crippen LogP contribution is 2.25. The minimum Gasteiger partial charge on any atom is -0.506 e. The van der Waals surface area contributed by atoms with Gasteiger partial charge in [-0.25, -0.2) is 0 Å². The minimum absolute atomic E-state index is 0.0858. The van der Waals surface area contributed by atoms with Crippen LogP contribution < -0.4 is 25.8 Å². The molecule has 226 valence electrons. The lowest BCUT2D eigenvalue weighted by molar-refractivity contribution is -0.115. The summed E-state index contributed by atoms with van der Waals surface area (Å²) in [6.07, 6.45) is 0. The van der Waals surface area contributed by atoms with Crippen molar-refractivity contribution in [3.05, 3.63) is 145 Å². The van der Waals surface area contributed by atoms with E-state index in [0.717, 1.165) is 16.9 Å². The van der Waals surface area contributed by atoms with E-state index in [0.29, 0.717) is 36.0 Å². The number of carbonyl (C=O) groups is 2. The van der Waals surface area contributed by atoms with Gasteiger partial charge < -0.3 is 30.9 Å². The Morgan fingerprint density at radius 2 is 0.977 bits per heavy atom. The third kappa shape index (κ3) is 12.0. The first-order valence-electron chi connectivity index (χ1n) is 13.9. The van der Waals surface area contributed by atoms with E-state index in [1.807, 2.05) is 109 Å². The van der Waals surface area contributed by atoms with E-state index in [2.05, 4.69) is 10.6 Å². The molecule has 8 heteroatoms. The Bertz CT molecular complexity index is 1590. The van der Waals surface area contributed by atoms with Gasteiger partial charge in [0.2, 0.25) is 11.8 Å². The molecule has 2 amide bonds. The average Bonchev–Trinajstić information content (AvgIpc) is 3.03. The first kappa shape index (κ1) is 32.8. The number of nitrogens with two attached hydrogens (primary N) is 1. The Morgan fingerprint density at radius 1 is 0.568 bits per heavy atom. The number of phenols is 1. The number of phenolic OH excluding ortho intramolecular Hbond substituents is 1. The van der Waals surface area contributed by atoms with Crippen molar-refractivity contribution < 1.29 is 24.2 Å². The van der Waals surface area contributed by atoms with Crippen LogP contribution in [0.15, 0.2) is 133 Å². The van der Waals surface area contributed by atoms with E-state index < -0.39 is 0 Å². The molecular weight excluding hydrogens is 554 g/mol. The maximum absolute atomic E-state index is 11.1. The summed E-state index contributed by atoms with van der Waals surface area (Å²) < 4.78 is 11.3. The number of nitrogens with one attached hydrogen (secondary N) is 2. The van der Waals surface area contributed by atoms with Crippen molar-refractivity contribution in [1.29, 1.82) is 0 Å². The van der Waals surface area contributed by atoms with E-state index in [4.69, 9.17) is 20.3 Å². The molecule has 0 aromatic heterocycles. The first-order chi connectivity index (χ1) is 21.3. The van der Waals surface area contributed by atoms with Gasteiger partial charge in [-0.05, 0) is 47.5 Å². The van der Waals surface area contributed by atoms with E-state index in [1.54, 1.807) is 18.2 Å². The third-order valence-corrected chi connectivity index (χ3v) is 5.81. The number of carbonyl (C=O) groups excluding carboxylic acids is 2. The molecule has 0 atom stereocenters. The number of hydrogen-bond donors (Lipinski definition) is 4. The van der Waals surface area contributed by atoms with Crippen LogP contribution >= 0.6 is 0 Å². The summed E-state index contributed by atoms with van der Waals surface area (Å²) in [6, 6.07) is 41.4. The molecule has 5 aromatic rings. The molecule has 0 spiro atoms. The number of hydrogen-bond acceptors (Lipinski definition) is 6. The fraction of sp³-hybridized carbons (Fsp3) is 0.111. The van der Waals surface area contributed by atoms with E-state index >= 15 is 0 Å². The van der Waals surface area contributed by atoms with Crippen molar-refractivity contribution in [1.82, 2.24) is 0 Å². The Balaban J connectivity index is 0.000000186. The van der Waals surface area contributed by atoms with Crippen LogP contribution in [-0.4, -0.2) is 16.9 Å². The van der Waals surface area contributed by atoms with Crippen LogP contribution in [0.3, 0.4) is 0 Å². The van der Waals surface area contributed by atoms with Crippen LogP contribution in [0.5, 0.6) is 17.2 Å². The molecule has 0 saturated carbocycles. The zero-order chi connectivity index (χ0) is 31.6. The number of benzene rings is 5. The van der Waals surface area contributed by atoms with E-state index in [-0.39, 0.29) is 17.6 Å². The highest BCUT2D eigenvalue weighted by atomic mass is 16.5. The molecule has 0 radical (unpaired) electrons. The molecule has 0 heterocycles. The maximum Gasteiger partial charge on any atom is 0.221 e. The van der Waals surface area contributed by atoms with Crippen LogP contribution in [0.2, 0.25) is 0 Å². The molecule has 0 fully saturated rings. The Kier molecular flexibility index (Phi) is 13.3. The van der Waals surface area contributed by atoms with Crippen molar-refractivity contribution in [2.24, 2.45) is 0 Å². The molecule has 0 unspecified atom stereocenters. The summed E-state index contributed by atoms with van der Waals surface area (Å²) in [6.45, 7) is 3.91. The maximum atomic E-state index is 11.1. The molecule has 0 aliphatic heterocycles. The van der Waals surface area contributed by atoms with Crippen LogP contribution in [0.25, 0.3) is 0 Å². The fourth-order valence-electron chi connectivity index (χ4n) is 3.74. The summed E-state index contributed by atoms with van der Waals surface area (Å²) in [5, 5.41) is 14.4. The van der Waals surface area contributed by atoms with Gasteiger partial charge in [-0.2, -0.15) is 0 Å². The second-order valence-electron chi connectivity index (χ2n) is 9.46. The molecule has 8 nitrogen and oxygen atoms in total. The van der Waals surface area contributed by atoms with Crippen LogP contribution in [0.4, 0.5) is 17.1 Å². The molecule has 0 bridgehead atoms. The Morgan fingerprint density at radius 3 is 1.50 bits per heavy atom. The quantitative estimate of drug-likeness (QED) is 0.110. The van der Waals surface area contributed by atoms with E-state index in [1.165, 1.54) is 19.9 Å². The van der Waals surface area contributed by atoms with E-state index in [9.17, 15) is 9.59 Å². The van der Waals surface area contributed by atoms with Crippen LogP contribution in [0, 0.1) is 0 Å². The number of ether oxygens (including phenoxy) is 2. The summed E-state index contributed by atoms with van der Waals surface area (Å²) in [4.78, 5) is 21.6. The summed E-state index contributed by atoms with van der Waals surface area (Å²) in [5.41, 5.74) is 9.81. The molecule has 0 aliphatic carbocycles. The SMILES string of the molecule is CC(=O)Nc1ccccc1O.CC(=O)Nc1ccccc1OCc1ccccc1.Nc1ccccc1OCc1ccccc1. The molecule has 5 rings (SSSR count). The third-order valence-electron chi connectivity index (χ3n) is 5.81. The summed E-state index contributed by atoms with van der Waals surface area (Å²) >= 11 is 0. The van der Waals surface area contributed by atoms with Gasteiger partial charge in [-0.3, -0.25) is 9.59 Å². The first-order valence-corrected chi connectivity index (χ1v) is 13.9. The average molecular weight is 592 g/mol. The zero-order valence-corrected chi connectivity index (χ0v) is 24.8. The monoisotopic (exact) mass is 591 g/mol. The zero-order valence-electron chi connectivity index (χ0n) is 24.8. The summed E-state index contributed by atoms with van der Waals surface area (Å²) in [5.74, 6) is 1.21. The van der Waals surface area contributed by atoms with Gasteiger partial charge in [0.25, 0.3) is 0 Å². The van der Waals surface area contributed by atoms with Crippen LogP contribution in [0.1, 0.15) is 25.0 Å². The van der Waals surface area contributed by atoms with Gasteiger partial charge in [0, 0.05) is 13.8 Å². The molecule has 5 aromatic carbocycles. The van der Waals surface area contributed by atoms with Gasteiger partial charge in [0.15, 0.2) is 0 Å². The number of aromatic hydroxyl groups is 1. The van der Waals surface area contributed by atoms with Crippen molar-refractivity contribution in [3.63, 3.8) is 0 Å². The topological polar surface area (TPSA) is 123 Å². The van der Waals surface area contributed by atoms with Gasteiger partial charge in [-0.15, -0.1) is 0 Å². The number of rotatable bonds is 8. The number of amides is 2. The standard InChI is InChI=1S/C15H15NO2.C13H13NO.C8H9NO2/c1-12(17)16-14-9-5-6-10-15(14)18-11-13-7-3-2-4-8-13;14-12-8-4-5-9-13(12)15-10-11-6-2-1-3-7-11;1-6(10)9-7-4-2-3-5-8(7)11/h2-10H,11H2,1H3,(H,16,17);1-9H,10,14H2;2-5,11H,1H3,(H,9,10). The minimum atomic E-state index is -0.188. The predicted octanol–water partition coefficient (Wildman–Crippen LogP) is 7.42. The smallest absolute Gasteiger partial charge is 0.221 e. The largest absolute Gasteiger partial charge is 0.506 e. The Labute approximate surface area is 258 Å². The lowest BCUT2D eigenvalue weighted by Crippen LogP contribution is -2.07. The fourth-order valence-corrected chi connectivity index (χ4v) is 3.74. The lowest BCUT2D eigenvalue weighted by atomic mass is 10.2. The lowest BCUT2D eigenvalue weighted by Gasteiger charge is -2.11. The normalized spacial score (nSPS) is 9.68. The molecule has 44 heavy (non-hydrogen) atoms.